The van der Waals surface area contributed by atoms with E-state index < -0.39 is 15.8 Å². The van der Waals surface area contributed by atoms with Crippen LogP contribution in [-0.4, -0.2) is 47.1 Å². The Kier molecular flexibility index (Phi) is 8.21. The molecule has 1 aromatic heterocycles. The van der Waals surface area contributed by atoms with Gasteiger partial charge in [0, 0.05) is 31.6 Å². The summed E-state index contributed by atoms with van der Waals surface area (Å²) in [5.41, 5.74) is 2.28. The highest BCUT2D eigenvalue weighted by Gasteiger charge is 2.35. The van der Waals surface area contributed by atoms with Crippen LogP contribution in [0.3, 0.4) is 0 Å². The van der Waals surface area contributed by atoms with E-state index >= 15 is 0 Å². The number of hydrogen-bond donors (Lipinski definition) is 1. The maximum atomic E-state index is 13.1. The van der Waals surface area contributed by atoms with Gasteiger partial charge < -0.3 is 5.11 Å². The smallest absolute Gasteiger partial charge is 0.308 e. The first kappa shape index (κ1) is 27.5. The number of benzene rings is 2. The van der Waals surface area contributed by atoms with Gasteiger partial charge in [-0.1, -0.05) is 69.7 Å². The Hall–Kier alpha value is -2.13. The van der Waals surface area contributed by atoms with Crippen LogP contribution in [0.15, 0.2) is 59.6 Å². The first-order valence-electron chi connectivity index (χ1n) is 11.8. The molecule has 0 saturated carbocycles. The molecule has 0 aliphatic rings. The Morgan fingerprint density at radius 1 is 1.03 bits per heavy atom. The van der Waals surface area contributed by atoms with Crippen LogP contribution in [0.1, 0.15) is 51.2 Å². The second-order valence-electron chi connectivity index (χ2n) is 10.2. The number of aromatic nitrogens is 2. The first-order valence-corrected chi connectivity index (χ1v) is 14.4. The van der Waals surface area contributed by atoms with Gasteiger partial charge in [0.15, 0.2) is 5.82 Å². The van der Waals surface area contributed by atoms with Crippen LogP contribution >= 0.6 is 11.8 Å². The summed E-state index contributed by atoms with van der Waals surface area (Å²) in [5.74, 6) is 0.130. The molecule has 1 N–H and O–H groups in total. The van der Waals surface area contributed by atoms with Gasteiger partial charge in [0.1, 0.15) is 5.60 Å². The number of nitrogens with zero attached hydrogens (tertiary/aromatic N) is 3. The standard InChI is InChI=1S/C27H37N3O3S2/c1-8-26(2,3)18-22-19-30(35(32,33)29(5)6)25(28-22)27(4,31)17-20-13-15-21(16-14-20)23-11-9-10-12-24(23)34-7/h9-16,19,31H,8,17-18H2,1-7H3. The van der Waals surface area contributed by atoms with Crippen LogP contribution in [0.5, 0.6) is 0 Å². The van der Waals surface area contributed by atoms with E-state index in [1.165, 1.54) is 19.0 Å². The van der Waals surface area contributed by atoms with Crippen LogP contribution in [0.4, 0.5) is 0 Å². The second kappa shape index (κ2) is 10.5. The number of aliphatic hydroxyl groups is 1. The van der Waals surface area contributed by atoms with Crippen LogP contribution in [0.25, 0.3) is 11.1 Å². The van der Waals surface area contributed by atoms with Crippen molar-refractivity contribution < 1.29 is 13.5 Å². The highest BCUT2D eigenvalue weighted by Crippen LogP contribution is 2.33. The lowest BCUT2D eigenvalue weighted by Crippen LogP contribution is -2.35. The highest BCUT2D eigenvalue weighted by atomic mass is 32.2. The summed E-state index contributed by atoms with van der Waals surface area (Å²) in [6.45, 7) is 7.98. The predicted octanol–water partition coefficient (Wildman–Crippen LogP) is 5.36. The molecule has 0 aliphatic carbocycles. The van der Waals surface area contributed by atoms with Gasteiger partial charge in [-0.3, -0.25) is 0 Å². The Morgan fingerprint density at radius 3 is 2.23 bits per heavy atom. The lowest BCUT2D eigenvalue weighted by molar-refractivity contribution is 0.0473. The topological polar surface area (TPSA) is 75.4 Å². The zero-order valence-electron chi connectivity index (χ0n) is 21.7. The fraction of sp³-hybridized carbons (Fsp3) is 0.444. The lowest BCUT2D eigenvalue weighted by Gasteiger charge is -2.25. The molecule has 3 rings (SSSR count). The van der Waals surface area contributed by atoms with E-state index in [4.69, 9.17) is 0 Å². The third kappa shape index (κ3) is 6.17. The Labute approximate surface area is 214 Å². The number of thioether (sulfide) groups is 1. The van der Waals surface area contributed by atoms with Crippen LogP contribution in [0.2, 0.25) is 0 Å². The molecular weight excluding hydrogens is 478 g/mol. The van der Waals surface area contributed by atoms with Crippen LogP contribution < -0.4 is 0 Å². The second-order valence-corrected chi connectivity index (χ2v) is 13.1. The van der Waals surface area contributed by atoms with Crippen molar-refractivity contribution in [3.8, 4) is 11.1 Å². The van der Waals surface area contributed by atoms with E-state index in [-0.39, 0.29) is 17.7 Å². The van der Waals surface area contributed by atoms with E-state index in [0.29, 0.717) is 12.1 Å². The molecule has 35 heavy (non-hydrogen) atoms. The molecule has 1 unspecified atom stereocenters. The third-order valence-corrected chi connectivity index (χ3v) is 8.95. The summed E-state index contributed by atoms with van der Waals surface area (Å²) in [7, 11) is -0.888. The Balaban J connectivity index is 1.97. The first-order chi connectivity index (χ1) is 16.3. The molecule has 1 heterocycles. The zero-order chi connectivity index (χ0) is 26.0. The molecule has 0 aliphatic heterocycles. The zero-order valence-corrected chi connectivity index (χ0v) is 23.4. The van der Waals surface area contributed by atoms with Crippen molar-refractivity contribution in [1.29, 1.82) is 0 Å². The molecule has 2 aromatic carbocycles. The monoisotopic (exact) mass is 515 g/mol. The largest absolute Gasteiger partial charge is 0.382 e. The lowest BCUT2D eigenvalue weighted by atomic mass is 9.85. The van der Waals surface area contributed by atoms with Crippen LogP contribution in [-0.2, 0) is 28.7 Å². The van der Waals surface area contributed by atoms with Gasteiger partial charge in [0.05, 0.1) is 5.69 Å². The molecule has 0 spiro atoms. The van der Waals surface area contributed by atoms with Crippen LogP contribution in [0, 0.1) is 5.41 Å². The average molecular weight is 516 g/mol. The van der Waals surface area contributed by atoms with Crippen molar-refractivity contribution in [1.82, 2.24) is 13.3 Å². The maximum absolute atomic E-state index is 13.1. The number of imidazole rings is 1. The van der Waals surface area contributed by atoms with Crippen molar-refractivity contribution in [2.45, 2.75) is 57.5 Å². The van der Waals surface area contributed by atoms with E-state index in [1.54, 1.807) is 24.9 Å². The molecule has 8 heteroatoms. The van der Waals surface area contributed by atoms with Gasteiger partial charge in [-0.05, 0) is 47.8 Å². The van der Waals surface area contributed by atoms with Gasteiger partial charge >= 0.3 is 10.2 Å². The molecule has 1 atom stereocenters. The van der Waals surface area contributed by atoms with E-state index in [1.807, 2.05) is 36.4 Å². The number of hydrogen-bond acceptors (Lipinski definition) is 5. The molecule has 0 radical (unpaired) electrons. The summed E-state index contributed by atoms with van der Waals surface area (Å²) < 4.78 is 28.5. The van der Waals surface area contributed by atoms with Gasteiger partial charge in [-0.15, -0.1) is 11.8 Å². The fourth-order valence-electron chi connectivity index (χ4n) is 3.98. The highest BCUT2D eigenvalue weighted by molar-refractivity contribution is 7.98. The number of rotatable bonds is 10. The summed E-state index contributed by atoms with van der Waals surface area (Å²) in [6.07, 6.45) is 5.39. The van der Waals surface area contributed by atoms with Gasteiger partial charge in [-0.2, -0.15) is 12.7 Å². The van der Waals surface area contributed by atoms with E-state index in [2.05, 4.69) is 44.1 Å². The molecular formula is C27H37N3O3S2. The molecule has 0 amide bonds. The molecule has 6 nitrogen and oxygen atoms in total. The molecule has 0 saturated heterocycles. The predicted molar refractivity (Wildman–Crippen MR) is 145 cm³/mol. The average Bonchev–Trinajstić information content (AvgIpc) is 3.24. The van der Waals surface area contributed by atoms with Crippen molar-refractivity contribution in [3.05, 3.63) is 71.8 Å². The minimum atomic E-state index is -3.85. The summed E-state index contributed by atoms with van der Waals surface area (Å²) >= 11 is 1.70. The quantitative estimate of drug-likeness (QED) is 0.368. The van der Waals surface area contributed by atoms with E-state index in [9.17, 15) is 13.5 Å². The van der Waals surface area contributed by atoms with Crippen molar-refractivity contribution >= 4 is 22.0 Å². The third-order valence-electron chi connectivity index (χ3n) is 6.45. The Bertz CT molecular complexity index is 1260. The van der Waals surface area contributed by atoms with Crippen molar-refractivity contribution in [3.63, 3.8) is 0 Å². The summed E-state index contributed by atoms with van der Waals surface area (Å²) in [5, 5.41) is 11.5. The normalized spacial score (nSPS) is 14.3. The minimum Gasteiger partial charge on any atom is -0.382 e. The summed E-state index contributed by atoms with van der Waals surface area (Å²) in [6, 6.07) is 16.3. The van der Waals surface area contributed by atoms with Gasteiger partial charge in [0.25, 0.3) is 0 Å². The van der Waals surface area contributed by atoms with E-state index in [0.717, 1.165) is 31.4 Å². The van der Waals surface area contributed by atoms with Crippen molar-refractivity contribution in [2.24, 2.45) is 5.41 Å². The van der Waals surface area contributed by atoms with Crippen molar-refractivity contribution in [2.75, 3.05) is 20.4 Å². The molecule has 0 bridgehead atoms. The maximum Gasteiger partial charge on any atom is 0.308 e. The molecule has 0 fully saturated rings. The van der Waals surface area contributed by atoms with Gasteiger partial charge in [-0.25, -0.2) is 8.96 Å². The SMILES string of the molecule is CCC(C)(C)Cc1cn(S(=O)(=O)N(C)C)c(C(C)(O)Cc2ccc(-c3ccccc3SC)cc2)n1. The minimum absolute atomic E-state index is 0.0346. The van der Waals surface area contributed by atoms with Gasteiger partial charge in [0.2, 0.25) is 0 Å². The summed E-state index contributed by atoms with van der Waals surface area (Å²) in [4.78, 5) is 5.85. The molecule has 3 aromatic rings. The Morgan fingerprint density at radius 2 is 1.66 bits per heavy atom. The fourth-order valence-corrected chi connectivity index (χ4v) is 5.67. The molecule has 190 valence electrons.